The van der Waals surface area contributed by atoms with Crippen LogP contribution < -0.4 is 5.56 Å². The third-order valence-corrected chi connectivity index (χ3v) is 7.28. The summed E-state index contributed by atoms with van der Waals surface area (Å²) in [6.07, 6.45) is 2.78. The molecule has 0 aliphatic rings. The third kappa shape index (κ3) is 3.59. The van der Waals surface area contributed by atoms with Crippen molar-refractivity contribution < 1.29 is 13.2 Å². The van der Waals surface area contributed by atoms with E-state index in [4.69, 9.17) is 4.74 Å². The highest BCUT2D eigenvalue weighted by Crippen LogP contribution is 2.27. The van der Waals surface area contributed by atoms with Crippen molar-refractivity contribution in [2.75, 3.05) is 7.11 Å². The molecule has 0 fully saturated rings. The number of aromatic amines is 1. The molecule has 1 unspecified atom stereocenters. The Bertz CT molecular complexity index is 1330. The number of benzene rings is 1. The van der Waals surface area contributed by atoms with Gasteiger partial charge >= 0.3 is 0 Å². The summed E-state index contributed by atoms with van der Waals surface area (Å²) in [5, 5.41) is 13.6. The maximum atomic E-state index is 13.0. The molecule has 0 bridgehead atoms. The van der Waals surface area contributed by atoms with Gasteiger partial charge in [-0.1, -0.05) is 0 Å². The smallest absolute Gasteiger partial charge is 0.274 e. The van der Waals surface area contributed by atoms with E-state index in [2.05, 4.69) is 20.3 Å². The molecule has 150 valence electrons. The lowest BCUT2D eigenvalue weighted by atomic mass is 10.2. The van der Waals surface area contributed by atoms with Crippen LogP contribution in [0.5, 0.6) is 0 Å². The minimum Gasteiger partial charge on any atom is -0.375 e. The molecule has 3 aromatic heterocycles. The van der Waals surface area contributed by atoms with Crippen molar-refractivity contribution in [1.29, 1.82) is 0 Å². The summed E-state index contributed by atoms with van der Waals surface area (Å²) in [5.41, 5.74) is 0.425. The molecule has 0 amide bonds. The highest BCUT2D eigenvalue weighted by Gasteiger charge is 2.23. The van der Waals surface area contributed by atoms with E-state index in [-0.39, 0.29) is 28.1 Å². The summed E-state index contributed by atoms with van der Waals surface area (Å²) in [5.74, 6) is 0. The van der Waals surface area contributed by atoms with Crippen LogP contribution in [-0.2, 0) is 21.1 Å². The zero-order valence-corrected chi connectivity index (χ0v) is 17.2. The average molecular weight is 431 g/mol. The zero-order chi connectivity index (χ0) is 20.6. The Balaban J connectivity index is 1.72. The summed E-state index contributed by atoms with van der Waals surface area (Å²) in [6, 6.07) is 6.11. The van der Waals surface area contributed by atoms with Gasteiger partial charge in [0.15, 0.2) is 5.03 Å². The van der Waals surface area contributed by atoms with E-state index < -0.39 is 9.84 Å². The van der Waals surface area contributed by atoms with E-state index in [1.807, 2.05) is 0 Å². The molecule has 29 heavy (non-hydrogen) atoms. The number of hydrogen-bond donors (Lipinski definition) is 1. The lowest BCUT2D eigenvalue weighted by Crippen LogP contribution is -2.23. The second-order valence-electron chi connectivity index (χ2n) is 6.34. The predicted octanol–water partition coefficient (Wildman–Crippen LogP) is 2.16. The Morgan fingerprint density at radius 3 is 2.86 bits per heavy atom. The first-order valence-corrected chi connectivity index (χ1v) is 11.0. The van der Waals surface area contributed by atoms with E-state index in [0.29, 0.717) is 15.8 Å². The summed E-state index contributed by atoms with van der Waals surface area (Å²) in [4.78, 5) is 16.9. The van der Waals surface area contributed by atoms with E-state index in [9.17, 15) is 13.2 Å². The molecule has 0 saturated heterocycles. The zero-order valence-electron chi connectivity index (χ0n) is 15.6. The van der Waals surface area contributed by atoms with Gasteiger partial charge < -0.3 is 4.74 Å². The number of methoxy groups -OCH3 is 1. The first kappa shape index (κ1) is 19.4. The van der Waals surface area contributed by atoms with Crippen LogP contribution in [-0.4, -0.2) is 40.5 Å². The molecule has 0 radical (unpaired) electrons. The monoisotopic (exact) mass is 431 g/mol. The lowest BCUT2D eigenvalue weighted by Gasteiger charge is -2.07. The fourth-order valence-electron chi connectivity index (χ4n) is 2.78. The number of ether oxygens (including phenoxy) is 1. The number of nitrogens with one attached hydrogen (secondary N) is 1. The molecule has 1 N–H and O–H groups in total. The number of H-pyrrole nitrogens is 1. The number of aromatic nitrogens is 5. The van der Waals surface area contributed by atoms with Crippen LogP contribution in [0.15, 0.2) is 56.8 Å². The maximum absolute atomic E-state index is 13.0. The minimum atomic E-state index is -3.82. The van der Waals surface area contributed by atoms with Gasteiger partial charge in [0.1, 0.15) is 11.1 Å². The van der Waals surface area contributed by atoms with Crippen molar-refractivity contribution in [2.45, 2.75) is 29.5 Å². The molecular weight excluding hydrogens is 414 g/mol. The van der Waals surface area contributed by atoms with Gasteiger partial charge in [-0.15, -0.1) is 11.3 Å². The topological polar surface area (TPSA) is 120 Å². The van der Waals surface area contributed by atoms with Crippen LogP contribution >= 0.6 is 11.3 Å². The Hall–Kier alpha value is -2.89. The van der Waals surface area contributed by atoms with Gasteiger partial charge in [-0.05, 0) is 31.2 Å². The molecule has 11 heteroatoms. The van der Waals surface area contributed by atoms with Crippen LogP contribution in [0.2, 0.25) is 0 Å². The van der Waals surface area contributed by atoms with Gasteiger partial charge in [0, 0.05) is 24.1 Å². The van der Waals surface area contributed by atoms with Gasteiger partial charge in [0.2, 0.25) is 9.84 Å². The Kier molecular flexibility index (Phi) is 5.03. The number of fused-ring (bicyclic) bond motifs is 1. The van der Waals surface area contributed by atoms with Crippen LogP contribution in [0.25, 0.3) is 10.8 Å². The largest absolute Gasteiger partial charge is 0.375 e. The molecule has 3 heterocycles. The van der Waals surface area contributed by atoms with Crippen molar-refractivity contribution in [3.05, 3.63) is 63.1 Å². The second-order valence-corrected chi connectivity index (χ2v) is 9.13. The number of thiazole rings is 1. The Morgan fingerprint density at radius 1 is 1.31 bits per heavy atom. The Labute approximate surface area is 169 Å². The first-order valence-electron chi connectivity index (χ1n) is 8.61. The summed E-state index contributed by atoms with van der Waals surface area (Å²) in [7, 11) is -2.28. The molecule has 1 aromatic carbocycles. The van der Waals surface area contributed by atoms with Gasteiger partial charge in [-0.3, -0.25) is 9.89 Å². The average Bonchev–Trinajstić information content (AvgIpc) is 3.41. The minimum absolute atomic E-state index is 0.0405. The lowest BCUT2D eigenvalue weighted by molar-refractivity contribution is 0.119. The van der Waals surface area contributed by atoms with Crippen molar-refractivity contribution >= 4 is 31.9 Å². The highest BCUT2D eigenvalue weighted by molar-refractivity contribution is 7.91. The predicted molar refractivity (Wildman–Crippen MR) is 107 cm³/mol. The molecule has 0 aliphatic carbocycles. The van der Waals surface area contributed by atoms with E-state index in [0.717, 1.165) is 5.69 Å². The molecule has 4 rings (SSSR count). The van der Waals surface area contributed by atoms with Gasteiger partial charge in [0.25, 0.3) is 5.56 Å². The molecule has 1 atom stereocenters. The normalized spacial score (nSPS) is 13.0. The number of nitrogens with zero attached hydrogens (tertiary/aromatic N) is 4. The molecule has 0 aliphatic heterocycles. The summed E-state index contributed by atoms with van der Waals surface area (Å²) >= 11 is 1.22. The van der Waals surface area contributed by atoms with Crippen molar-refractivity contribution in [3.8, 4) is 0 Å². The van der Waals surface area contributed by atoms with Crippen molar-refractivity contribution in [2.24, 2.45) is 0 Å². The van der Waals surface area contributed by atoms with E-state index in [1.54, 1.807) is 19.2 Å². The van der Waals surface area contributed by atoms with Crippen molar-refractivity contribution in [1.82, 2.24) is 25.0 Å². The quantitative estimate of drug-likeness (QED) is 0.497. The standard InChI is InChI=1S/C18H17N5O4S2/c1-11(27-2)17-21-16(10-28-17)29(25,26)14-3-4-15-12(7-14)8-20-23(18(15)24)9-13-5-6-19-22-13/h3-8,10-11H,9H2,1-2H3,(H,19,22). The fraction of sp³-hybridized carbons (Fsp3) is 0.222. The van der Waals surface area contributed by atoms with Crippen LogP contribution in [0.4, 0.5) is 0 Å². The second kappa shape index (κ2) is 7.50. The SMILES string of the molecule is COC(C)c1nc(S(=O)(=O)c2ccc3c(=O)n(Cc4ccn[nH]4)ncc3c2)cs1. The first-order chi connectivity index (χ1) is 13.9. The van der Waals surface area contributed by atoms with E-state index >= 15 is 0 Å². The number of rotatable bonds is 6. The third-order valence-electron chi connectivity index (χ3n) is 4.49. The van der Waals surface area contributed by atoms with Crippen LogP contribution in [0, 0.1) is 0 Å². The summed E-state index contributed by atoms with van der Waals surface area (Å²) in [6.45, 7) is 2.04. The number of hydrogen-bond acceptors (Lipinski definition) is 8. The summed E-state index contributed by atoms with van der Waals surface area (Å²) < 4.78 is 32.4. The molecule has 4 aromatic rings. The van der Waals surface area contributed by atoms with Crippen molar-refractivity contribution in [3.63, 3.8) is 0 Å². The highest BCUT2D eigenvalue weighted by atomic mass is 32.2. The van der Waals surface area contributed by atoms with E-state index in [1.165, 1.54) is 52.9 Å². The van der Waals surface area contributed by atoms with Gasteiger partial charge in [-0.25, -0.2) is 18.1 Å². The number of sulfone groups is 1. The molecular formula is C18H17N5O4S2. The van der Waals surface area contributed by atoms with Crippen LogP contribution in [0.3, 0.4) is 0 Å². The van der Waals surface area contributed by atoms with Gasteiger partial charge in [0.05, 0.1) is 28.7 Å². The molecule has 0 saturated carbocycles. The molecule has 0 spiro atoms. The fourth-order valence-corrected chi connectivity index (χ4v) is 5.19. The van der Waals surface area contributed by atoms with Gasteiger partial charge in [-0.2, -0.15) is 10.2 Å². The Morgan fingerprint density at radius 2 is 2.14 bits per heavy atom. The van der Waals surface area contributed by atoms with Crippen LogP contribution in [0.1, 0.15) is 23.7 Å². The molecule has 9 nitrogen and oxygen atoms in total. The maximum Gasteiger partial charge on any atom is 0.274 e.